The molecule has 2 rings (SSSR count). The second-order valence-electron chi connectivity index (χ2n) is 6.08. The zero-order chi connectivity index (χ0) is 12.1. The highest BCUT2D eigenvalue weighted by Crippen LogP contribution is 2.36. The summed E-state index contributed by atoms with van der Waals surface area (Å²) in [5.74, 6) is 0.439. The molecule has 2 fully saturated rings. The van der Waals surface area contributed by atoms with E-state index in [2.05, 4.69) is 5.32 Å². The number of hydrogen-bond donors (Lipinski definition) is 3. The van der Waals surface area contributed by atoms with Gasteiger partial charge in [0.15, 0.2) is 0 Å². The minimum atomic E-state index is 0.126. The van der Waals surface area contributed by atoms with Crippen molar-refractivity contribution in [2.75, 3.05) is 19.8 Å². The summed E-state index contributed by atoms with van der Waals surface area (Å²) in [5.41, 5.74) is 0.126. The Bertz CT molecular complexity index is 226. The van der Waals surface area contributed by atoms with Gasteiger partial charge in [-0.3, -0.25) is 0 Å². The molecule has 0 amide bonds. The van der Waals surface area contributed by atoms with E-state index in [4.69, 9.17) is 0 Å². The minimum Gasteiger partial charge on any atom is -0.396 e. The summed E-state index contributed by atoms with van der Waals surface area (Å²) < 4.78 is 0. The summed E-state index contributed by atoms with van der Waals surface area (Å²) in [6.45, 7) is 1.56. The molecule has 0 aliphatic heterocycles. The molecule has 0 aromatic carbocycles. The maximum absolute atomic E-state index is 9.65. The number of rotatable bonds is 5. The lowest BCUT2D eigenvalue weighted by Gasteiger charge is -2.37. The summed E-state index contributed by atoms with van der Waals surface area (Å²) in [6.07, 6.45) is 9.74. The fraction of sp³-hybridized carbons (Fsp3) is 1.00. The Morgan fingerprint density at radius 2 is 1.76 bits per heavy atom. The molecule has 2 unspecified atom stereocenters. The largest absolute Gasteiger partial charge is 0.396 e. The van der Waals surface area contributed by atoms with Gasteiger partial charge >= 0.3 is 0 Å². The van der Waals surface area contributed by atoms with Crippen molar-refractivity contribution in [1.29, 1.82) is 0 Å². The van der Waals surface area contributed by atoms with E-state index in [1.165, 1.54) is 32.1 Å². The molecule has 3 N–H and O–H groups in total. The van der Waals surface area contributed by atoms with Crippen molar-refractivity contribution in [1.82, 2.24) is 5.32 Å². The zero-order valence-electron chi connectivity index (χ0n) is 10.8. The van der Waals surface area contributed by atoms with Crippen LogP contribution in [0.4, 0.5) is 0 Å². The average Bonchev–Trinajstić information content (AvgIpc) is 2.85. The molecule has 0 aromatic heterocycles. The number of hydrogen-bond acceptors (Lipinski definition) is 3. The highest BCUT2D eigenvalue weighted by atomic mass is 16.3. The van der Waals surface area contributed by atoms with E-state index in [9.17, 15) is 10.2 Å². The lowest BCUT2D eigenvalue weighted by Crippen LogP contribution is -2.44. The van der Waals surface area contributed by atoms with Crippen LogP contribution in [-0.2, 0) is 0 Å². The Morgan fingerprint density at radius 1 is 1.00 bits per heavy atom. The average molecular weight is 241 g/mol. The second kappa shape index (κ2) is 6.17. The predicted octanol–water partition coefficient (Wildman–Crippen LogP) is 1.68. The van der Waals surface area contributed by atoms with Crippen molar-refractivity contribution in [2.24, 2.45) is 11.3 Å². The van der Waals surface area contributed by atoms with Crippen molar-refractivity contribution < 1.29 is 10.2 Å². The van der Waals surface area contributed by atoms with Crippen LogP contribution in [-0.4, -0.2) is 36.0 Å². The van der Waals surface area contributed by atoms with Gasteiger partial charge in [0.2, 0.25) is 0 Å². The lowest BCUT2D eigenvalue weighted by atomic mass is 9.74. The van der Waals surface area contributed by atoms with Gasteiger partial charge in [-0.05, 0) is 31.6 Å². The first-order valence-corrected chi connectivity index (χ1v) is 7.25. The topological polar surface area (TPSA) is 52.5 Å². The first-order valence-electron chi connectivity index (χ1n) is 7.25. The van der Waals surface area contributed by atoms with Crippen LogP contribution in [0.1, 0.15) is 51.4 Å². The van der Waals surface area contributed by atoms with Crippen molar-refractivity contribution in [3.05, 3.63) is 0 Å². The maximum atomic E-state index is 9.65. The molecule has 100 valence electrons. The number of aliphatic hydroxyl groups is 2. The molecule has 0 radical (unpaired) electrons. The lowest BCUT2D eigenvalue weighted by molar-refractivity contribution is 0.0746. The first-order chi connectivity index (χ1) is 8.29. The number of nitrogens with one attached hydrogen (secondary N) is 1. The first kappa shape index (κ1) is 13.3. The quantitative estimate of drug-likeness (QED) is 0.686. The van der Waals surface area contributed by atoms with Gasteiger partial charge < -0.3 is 15.5 Å². The smallest absolute Gasteiger partial charge is 0.0499 e. The van der Waals surface area contributed by atoms with E-state index in [0.29, 0.717) is 25.2 Å². The monoisotopic (exact) mass is 241 g/mol. The third-order valence-electron chi connectivity index (χ3n) is 4.88. The molecule has 0 spiro atoms. The molecule has 2 saturated carbocycles. The molecule has 2 aliphatic carbocycles. The number of aliphatic hydroxyl groups excluding tert-OH is 2. The summed E-state index contributed by atoms with van der Waals surface area (Å²) in [7, 11) is 0. The van der Waals surface area contributed by atoms with E-state index >= 15 is 0 Å². The molecule has 0 bridgehead atoms. The van der Waals surface area contributed by atoms with Crippen LogP contribution in [0.3, 0.4) is 0 Å². The molecular formula is C14H27NO2. The summed E-state index contributed by atoms with van der Waals surface area (Å²) in [6, 6.07) is 0.477. The van der Waals surface area contributed by atoms with Gasteiger partial charge in [0, 0.05) is 31.2 Å². The van der Waals surface area contributed by atoms with Gasteiger partial charge in [-0.15, -0.1) is 0 Å². The van der Waals surface area contributed by atoms with Crippen LogP contribution in [0.5, 0.6) is 0 Å². The highest BCUT2D eigenvalue weighted by Gasteiger charge is 2.34. The van der Waals surface area contributed by atoms with Gasteiger partial charge in [0.1, 0.15) is 0 Å². The van der Waals surface area contributed by atoms with Crippen LogP contribution >= 0.6 is 0 Å². The van der Waals surface area contributed by atoms with E-state index in [1.54, 1.807) is 0 Å². The van der Waals surface area contributed by atoms with Crippen LogP contribution in [0.25, 0.3) is 0 Å². The fourth-order valence-corrected chi connectivity index (χ4v) is 3.56. The van der Waals surface area contributed by atoms with Crippen molar-refractivity contribution in [3.8, 4) is 0 Å². The van der Waals surface area contributed by atoms with Crippen molar-refractivity contribution in [2.45, 2.75) is 57.4 Å². The highest BCUT2D eigenvalue weighted by molar-refractivity contribution is 4.89. The molecule has 0 aromatic rings. The normalized spacial score (nSPS) is 32.8. The Balaban J connectivity index is 1.82. The van der Waals surface area contributed by atoms with Crippen LogP contribution < -0.4 is 5.32 Å². The molecule has 3 nitrogen and oxygen atoms in total. The molecule has 2 atom stereocenters. The van der Waals surface area contributed by atoms with E-state index in [-0.39, 0.29) is 5.41 Å². The SMILES string of the molecule is OCC1CCCC1NCC1(CO)CCCCC1. The van der Waals surface area contributed by atoms with E-state index < -0.39 is 0 Å². The summed E-state index contributed by atoms with van der Waals surface area (Å²) >= 11 is 0. The van der Waals surface area contributed by atoms with Crippen molar-refractivity contribution >= 4 is 0 Å². The zero-order valence-corrected chi connectivity index (χ0v) is 10.8. The molecular weight excluding hydrogens is 214 g/mol. The second-order valence-corrected chi connectivity index (χ2v) is 6.08. The van der Waals surface area contributed by atoms with Gasteiger partial charge in [-0.2, -0.15) is 0 Å². The van der Waals surface area contributed by atoms with Crippen LogP contribution in [0, 0.1) is 11.3 Å². The molecule has 2 aliphatic rings. The van der Waals surface area contributed by atoms with Gasteiger partial charge in [0.25, 0.3) is 0 Å². The standard InChI is InChI=1S/C14H27NO2/c16-9-12-5-4-6-13(12)15-10-14(11-17)7-2-1-3-8-14/h12-13,15-17H,1-11H2. The Hall–Kier alpha value is -0.120. The van der Waals surface area contributed by atoms with Crippen LogP contribution in [0.2, 0.25) is 0 Å². The van der Waals surface area contributed by atoms with E-state index in [0.717, 1.165) is 25.8 Å². The molecule has 0 saturated heterocycles. The summed E-state index contributed by atoms with van der Waals surface area (Å²) in [4.78, 5) is 0. The summed E-state index contributed by atoms with van der Waals surface area (Å²) in [5, 5.41) is 22.6. The van der Waals surface area contributed by atoms with E-state index in [1.807, 2.05) is 0 Å². The predicted molar refractivity (Wildman–Crippen MR) is 68.8 cm³/mol. The molecule has 0 heterocycles. The Morgan fingerprint density at radius 3 is 2.41 bits per heavy atom. The molecule has 17 heavy (non-hydrogen) atoms. The third kappa shape index (κ3) is 3.21. The minimum absolute atomic E-state index is 0.126. The van der Waals surface area contributed by atoms with Gasteiger partial charge in [0.05, 0.1) is 0 Å². The third-order valence-corrected chi connectivity index (χ3v) is 4.88. The van der Waals surface area contributed by atoms with Crippen molar-refractivity contribution in [3.63, 3.8) is 0 Å². The molecule has 3 heteroatoms. The van der Waals surface area contributed by atoms with Crippen LogP contribution in [0.15, 0.2) is 0 Å². The fourth-order valence-electron chi connectivity index (χ4n) is 3.56. The Kier molecular flexibility index (Phi) is 4.83. The van der Waals surface area contributed by atoms with Gasteiger partial charge in [-0.25, -0.2) is 0 Å². The van der Waals surface area contributed by atoms with Gasteiger partial charge in [-0.1, -0.05) is 25.7 Å². The maximum Gasteiger partial charge on any atom is 0.0499 e. The Labute approximate surface area is 105 Å².